The summed E-state index contributed by atoms with van der Waals surface area (Å²) < 4.78 is 1.55. The Bertz CT molecular complexity index is 1250. The Labute approximate surface area is 347 Å². The second-order valence-corrected chi connectivity index (χ2v) is 15.4. The third kappa shape index (κ3) is 21.4. The topological polar surface area (TPSA) is 25.3 Å². The summed E-state index contributed by atoms with van der Waals surface area (Å²) in [4.78, 5) is 0. The normalized spacial score (nSPS) is 12.3. The average Bonchev–Trinajstić information content (AvgIpc) is 3.46. The molecule has 0 aromatic heterocycles. The zero-order valence-electron chi connectivity index (χ0n) is 36.3. The van der Waals surface area contributed by atoms with E-state index in [1.54, 1.807) is 4.70 Å². The summed E-state index contributed by atoms with van der Waals surface area (Å²) in [6, 6.07) is 17.8. The Morgan fingerprint density at radius 3 is 1.15 bits per heavy atom. The smallest absolute Gasteiger partial charge is 0.493 e. The quantitative estimate of drug-likeness (QED) is 0.0373. The number of aryl methyl sites for hydroxylation is 2. The SMILES string of the molecule is CCCCCC1=C(c2cccc(CCCC)c2)[N+](=[N-])C(c2cccc(CCCC)c2)=C1CCCC.[CH2-]CCCCCCCC.[CH2-]CCCCCCCC.[Ni+2]. The maximum Gasteiger partial charge on any atom is 2.00 e. The van der Waals surface area contributed by atoms with E-state index in [1.165, 1.54) is 138 Å². The predicted octanol–water partition coefficient (Wildman–Crippen LogP) is 17.5. The molecule has 0 amide bonds. The Hall–Kier alpha value is -1.99. The van der Waals surface area contributed by atoms with Gasteiger partial charge in [-0.2, -0.15) is 12.8 Å². The molecule has 54 heavy (non-hydrogen) atoms. The van der Waals surface area contributed by atoms with Crippen LogP contribution in [0, 0.1) is 13.8 Å². The van der Waals surface area contributed by atoms with Crippen LogP contribution in [-0.4, -0.2) is 4.70 Å². The molecule has 2 nitrogen and oxygen atoms in total. The van der Waals surface area contributed by atoms with E-state index in [-0.39, 0.29) is 16.5 Å². The van der Waals surface area contributed by atoms with Crippen molar-refractivity contribution in [1.29, 1.82) is 0 Å². The third-order valence-electron chi connectivity index (χ3n) is 10.4. The van der Waals surface area contributed by atoms with Gasteiger partial charge >= 0.3 is 16.5 Å². The molecule has 0 bridgehead atoms. The molecule has 0 N–H and O–H groups in total. The van der Waals surface area contributed by atoms with Gasteiger partial charge in [-0.15, -0.1) is 0 Å². The van der Waals surface area contributed by atoms with E-state index in [2.05, 4.69) is 104 Å². The molecule has 2 aromatic rings. The Morgan fingerprint density at radius 1 is 0.426 bits per heavy atom. The number of allylic oxidation sites excluding steroid dienone is 2. The van der Waals surface area contributed by atoms with Crippen LogP contribution >= 0.6 is 0 Å². The van der Waals surface area contributed by atoms with Crippen LogP contribution in [0.15, 0.2) is 59.7 Å². The summed E-state index contributed by atoms with van der Waals surface area (Å²) in [7, 11) is 0. The van der Waals surface area contributed by atoms with Gasteiger partial charge in [-0.05, 0) is 86.8 Å². The third-order valence-corrected chi connectivity index (χ3v) is 10.4. The Morgan fingerprint density at radius 2 is 0.759 bits per heavy atom. The molecule has 2 aromatic carbocycles. The second-order valence-electron chi connectivity index (χ2n) is 15.4. The number of hydrogen-bond acceptors (Lipinski definition) is 0. The summed E-state index contributed by atoms with van der Waals surface area (Å²) in [6.07, 6.45) is 33.8. The molecule has 0 saturated carbocycles. The van der Waals surface area contributed by atoms with Crippen LogP contribution in [0.1, 0.15) is 224 Å². The second kappa shape index (κ2) is 35.4. The van der Waals surface area contributed by atoms with Gasteiger partial charge in [0.15, 0.2) is 0 Å². The van der Waals surface area contributed by atoms with Crippen LogP contribution in [0.25, 0.3) is 16.9 Å². The summed E-state index contributed by atoms with van der Waals surface area (Å²) in [5.74, 6) is 0. The zero-order valence-corrected chi connectivity index (χ0v) is 37.3. The maximum atomic E-state index is 11.8. The Kier molecular flexibility index (Phi) is 34.1. The first-order valence-corrected chi connectivity index (χ1v) is 22.7. The molecule has 0 atom stereocenters. The molecule has 3 heteroatoms. The van der Waals surface area contributed by atoms with E-state index in [1.807, 2.05) is 0 Å². The molecule has 1 aliphatic rings. The molecule has 0 unspecified atom stereocenters. The van der Waals surface area contributed by atoms with Gasteiger partial charge in [-0.1, -0.05) is 175 Å². The van der Waals surface area contributed by atoms with Crippen LogP contribution in [-0.2, 0) is 29.3 Å². The summed E-state index contributed by atoms with van der Waals surface area (Å²) >= 11 is 0. The van der Waals surface area contributed by atoms with Gasteiger partial charge in [-0.25, -0.2) is 4.70 Å². The van der Waals surface area contributed by atoms with E-state index in [0.29, 0.717) is 0 Å². The number of unbranched alkanes of at least 4 members (excludes halogenated alkanes) is 17. The van der Waals surface area contributed by atoms with Gasteiger partial charge < -0.3 is 19.4 Å². The summed E-state index contributed by atoms with van der Waals surface area (Å²) in [5.41, 5.74) is 21.6. The summed E-state index contributed by atoms with van der Waals surface area (Å²) in [6.45, 7) is 21.1. The van der Waals surface area contributed by atoms with Gasteiger partial charge in [0.05, 0.1) is 0 Å². The van der Waals surface area contributed by atoms with Crippen molar-refractivity contribution in [3.63, 3.8) is 0 Å². The molecule has 0 radical (unpaired) electrons. The molecule has 3 rings (SSSR count). The van der Waals surface area contributed by atoms with Crippen LogP contribution < -0.4 is 0 Å². The molecule has 0 saturated heterocycles. The number of benzene rings is 2. The van der Waals surface area contributed by atoms with Crippen molar-refractivity contribution in [1.82, 2.24) is 0 Å². The fraction of sp³-hybridized carbons (Fsp3) is 0.647. The fourth-order valence-corrected chi connectivity index (χ4v) is 7.11. The van der Waals surface area contributed by atoms with Crippen molar-refractivity contribution < 1.29 is 21.2 Å². The van der Waals surface area contributed by atoms with Crippen molar-refractivity contribution in [2.75, 3.05) is 0 Å². The van der Waals surface area contributed by atoms with Crippen LogP contribution in [0.5, 0.6) is 0 Å². The van der Waals surface area contributed by atoms with E-state index >= 15 is 0 Å². The van der Waals surface area contributed by atoms with E-state index < -0.39 is 0 Å². The number of hydrogen-bond donors (Lipinski definition) is 0. The molecular weight excluding hydrogens is 699 g/mol. The van der Waals surface area contributed by atoms with Crippen LogP contribution in [0.3, 0.4) is 0 Å². The van der Waals surface area contributed by atoms with Crippen LogP contribution in [0.2, 0.25) is 0 Å². The number of rotatable bonds is 27. The number of nitrogens with zero attached hydrogens (tertiary/aromatic N) is 2. The molecule has 1 heterocycles. The van der Waals surface area contributed by atoms with Gasteiger partial charge in [0, 0.05) is 22.3 Å². The van der Waals surface area contributed by atoms with Gasteiger partial charge in [0.1, 0.15) is 0 Å². The van der Waals surface area contributed by atoms with Gasteiger partial charge in [0.2, 0.25) is 11.4 Å². The largest absolute Gasteiger partial charge is 2.00 e. The standard InChI is InChI=1S/C33H46N2.2C9H19.Ni/c1-5-9-13-23-31-30(22-12-8-4)32(28-20-14-18-26(24-28)16-10-6-2)35(34)33(31)29-21-15-19-27(25-29)17-11-7-3;2*1-3-5-7-9-8-6-4-2;/h14-15,18-21,24-25H,5-13,16-17,22-23H2,1-4H3;2*1,3-9H2,2H3;/q;2*-1;+2. The summed E-state index contributed by atoms with van der Waals surface area (Å²) in [5, 5.41) is 0. The van der Waals surface area contributed by atoms with Crippen molar-refractivity contribution in [3.05, 3.63) is 101 Å². The zero-order chi connectivity index (χ0) is 38.9. The molecule has 0 spiro atoms. The van der Waals surface area contributed by atoms with Gasteiger partial charge in [-0.3, -0.25) is 0 Å². The first-order valence-electron chi connectivity index (χ1n) is 22.7. The molecular formula is C51H84N2Ni. The monoisotopic (exact) mass is 783 g/mol. The maximum absolute atomic E-state index is 11.8. The minimum absolute atomic E-state index is 0. The fourth-order valence-electron chi connectivity index (χ4n) is 7.11. The predicted molar refractivity (Wildman–Crippen MR) is 238 cm³/mol. The van der Waals surface area contributed by atoms with Crippen molar-refractivity contribution in [3.8, 4) is 0 Å². The molecule has 1 aliphatic heterocycles. The van der Waals surface area contributed by atoms with Gasteiger partial charge in [0.25, 0.3) is 0 Å². The van der Waals surface area contributed by atoms with E-state index in [9.17, 15) is 5.53 Å². The van der Waals surface area contributed by atoms with E-state index in [0.717, 1.165) is 80.3 Å². The minimum Gasteiger partial charge on any atom is -0.493 e. The molecule has 0 fully saturated rings. The minimum atomic E-state index is 0. The Balaban J connectivity index is 0.00000122. The first-order chi connectivity index (χ1) is 26.0. The van der Waals surface area contributed by atoms with Crippen LogP contribution in [0.4, 0.5) is 0 Å². The van der Waals surface area contributed by atoms with Crippen molar-refractivity contribution >= 4 is 11.4 Å². The van der Waals surface area contributed by atoms with Crippen molar-refractivity contribution in [2.45, 2.75) is 215 Å². The molecule has 308 valence electrons. The average molecular weight is 784 g/mol. The van der Waals surface area contributed by atoms with Crippen molar-refractivity contribution in [2.24, 2.45) is 0 Å². The first kappa shape index (κ1) is 52.0. The van der Waals surface area contributed by atoms with E-state index in [4.69, 9.17) is 0 Å². The molecule has 0 aliphatic carbocycles.